The third-order valence-electron chi connectivity index (χ3n) is 3.59. The van der Waals surface area contributed by atoms with Crippen molar-refractivity contribution in [3.8, 4) is 0 Å². The summed E-state index contributed by atoms with van der Waals surface area (Å²) >= 11 is 8.77. The number of thioether (sulfide) groups is 1. The summed E-state index contributed by atoms with van der Waals surface area (Å²) in [6.07, 6.45) is 1.46. The van der Waals surface area contributed by atoms with Gasteiger partial charge in [-0.3, -0.25) is 24.6 Å². The lowest BCUT2D eigenvalue weighted by Gasteiger charge is -2.12. The Morgan fingerprint density at radius 3 is 2.54 bits per heavy atom. The molecule has 0 saturated carbocycles. The second-order valence-corrected chi connectivity index (χ2v) is 8.01. The molecular weight excluding hydrogens is 491 g/mol. The van der Waals surface area contributed by atoms with Crippen LogP contribution in [-0.2, 0) is 11.3 Å². The van der Waals surface area contributed by atoms with E-state index in [1.807, 2.05) is 24.3 Å². The molecule has 0 aliphatic carbocycles. The number of benzene rings is 2. The van der Waals surface area contributed by atoms with Crippen molar-refractivity contribution in [3.05, 3.63) is 77.2 Å². The molecule has 0 atom stereocenters. The molecule has 1 heterocycles. The van der Waals surface area contributed by atoms with Gasteiger partial charge in [-0.2, -0.15) is 0 Å². The fraction of sp³-hybridized carbons (Fsp3) is 0.0588. The Hall–Kier alpha value is -1.91. The van der Waals surface area contributed by atoms with Crippen molar-refractivity contribution in [3.63, 3.8) is 0 Å². The molecule has 26 heavy (non-hydrogen) atoms. The normalized spacial score (nSPS) is 15.8. The molecule has 3 rings (SSSR count). The van der Waals surface area contributed by atoms with Gasteiger partial charge >= 0.3 is 0 Å². The first kappa shape index (κ1) is 18.9. The summed E-state index contributed by atoms with van der Waals surface area (Å²) in [5.74, 6) is -0.420. The van der Waals surface area contributed by atoms with E-state index in [0.29, 0.717) is 5.56 Å². The summed E-state index contributed by atoms with van der Waals surface area (Å²) in [6, 6.07) is 11.7. The second-order valence-electron chi connectivity index (χ2n) is 5.36. The molecular formula is C17H10ClIN2O4S. The van der Waals surface area contributed by atoms with Crippen molar-refractivity contribution in [2.45, 2.75) is 6.54 Å². The third kappa shape index (κ3) is 4.08. The number of nitro groups is 1. The van der Waals surface area contributed by atoms with Gasteiger partial charge in [0.1, 0.15) is 5.02 Å². The Labute approximate surface area is 171 Å². The van der Waals surface area contributed by atoms with E-state index in [2.05, 4.69) is 22.6 Å². The molecule has 0 N–H and O–H groups in total. The van der Waals surface area contributed by atoms with E-state index >= 15 is 0 Å². The van der Waals surface area contributed by atoms with Crippen LogP contribution in [0.25, 0.3) is 6.08 Å². The van der Waals surface area contributed by atoms with Crippen molar-refractivity contribution >= 4 is 68.9 Å². The highest BCUT2D eigenvalue weighted by molar-refractivity contribution is 14.1. The van der Waals surface area contributed by atoms with Gasteiger partial charge in [0.2, 0.25) is 0 Å². The molecule has 0 aromatic heterocycles. The summed E-state index contributed by atoms with van der Waals surface area (Å²) in [6.45, 7) is 0.180. The van der Waals surface area contributed by atoms with Gasteiger partial charge in [-0.05, 0) is 69.8 Å². The van der Waals surface area contributed by atoms with Crippen LogP contribution in [0.3, 0.4) is 0 Å². The van der Waals surface area contributed by atoms with Gasteiger partial charge in [-0.1, -0.05) is 29.8 Å². The van der Waals surface area contributed by atoms with Crippen LogP contribution < -0.4 is 0 Å². The molecule has 0 spiro atoms. The SMILES string of the molecule is O=C1S/C(=C\c2ccc(Cl)c([N+](=O)[O-])c2)C(=O)N1Cc1ccc(I)cc1. The molecule has 2 aromatic carbocycles. The highest BCUT2D eigenvalue weighted by atomic mass is 127. The molecule has 0 bridgehead atoms. The predicted octanol–water partition coefficient (Wildman–Crippen LogP) is 5.09. The molecule has 6 nitrogen and oxygen atoms in total. The van der Waals surface area contributed by atoms with Gasteiger partial charge in [0.15, 0.2) is 0 Å². The van der Waals surface area contributed by atoms with Crippen molar-refractivity contribution in [2.75, 3.05) is 0 Å². The van der Waals surface area contributed by atoms with E-state index < -0.39 is 10.8 Å². The van der Waals surface area contributed by atoms with Gasteiger partial charge in [0.05, 0.1) is 16.4 Å². The fourth-order valence-electron chi connectivity index (χ4n) is 2.32. The van der Waals surface area contributed by atoms with Crippen molar-refractivity contribution in [2.24, 2.45) is 0 Å². The summed E-state index contributed by atoms with van der Waals surface area (Å²) in [5.41, 5.74) is 1.02. The number of carbonyl (C=O) groups excluding carboxylic acids is 2. The molecule has 0 unspecified atom stereocenters. The van der Waals surface area contributed by atoms with E-state index in [4.69, 9.17) is 11.6 Å². The van der Waals surface area contributed by atoms with Crippen LogP contribution in [-0.4, -0.2) is 21.0 Å². The zero-order valence-corrected chi connectivity index (χ0v) is 16.7. The van der Waals surface area contributed by atoms with Crippen LogP contribution >= 0.6 is 46.0 Å². The second kappa shape index (κ2) is 7.77. The van der Waals surface area contributed by atoms with Crippen LogP contribution in [0.1, 0.15) is 11.1 Å². The molecule has 1 fully saturated rings. The van der Waals surface area contributed by atoms with Crippen LogP contribution in [0.2, 0.25) is 5.02 Å². The number of carbonyl (C=O) groups is 2. The number of imide groups is 1. The van der Waals surface area contributed by atoms with Gasteiger partial charge in [-0.15, -0.1) is 0 Å². The Kier molecular flexibility index (Phi) is 5.64. The van der Waals surface area contributed by atoms with Gasteiger partial charge < -0.3 is 0 Å². The number of nitro benzene ring substituents is 1. The van der Waals surface area contributed by atoms with Gasteiger partial charge in [0.25, 0.3) is 16.8 Å². The largest absolute Gasteiger partial charge is 0.293 e. The van der Waals surface area contributed by atoms with Crippen molar-refractivity contribution in [1.82, 2.24) is 4.90 Å². The maximum absolute atomic E-state index is 12.5. The lowest BCUT2D eigenvalue weighted by molar-refractivity contribution is -0.384. The number of amides is 2. The van der Waals surface area contributed by atoms with Gasteiger partial charge in [-0.25, -0.2) is 0 Å². The minimum atomic E-state index is -0.595. The van der Waals surface area contributed by atoms with Crippen LogP contribution in [0.4, 0.5) is 10.5 Å². The van der Waals surface area contributed by atoms with E-state index in [1.54, 1.807) is 6.07 Å². The number of nitrogens with zero attached hydrogens (tertiary/aromatic N) is 2. The molecule has 132 valence electrons. The molecule has 9 heteroatoms. The summed E-state index contributed by atoms with van der Waals surface area (Å²) in [7, 11) is 0. The molecule has 1 aliphatic rings. The first-order valence-electron chi connectivity index (χ1n) is 7.29. The minimum absolute atomic E-state index is 0.0129. The topological polar surface area (TPSA) is 80.5 Å². The standard InChI is InChI=1S/C17H10ClIN2O4S/c18-13-6-3-11(7-14(13)21(24)25)8-15-16(22)20(17(23)26-15)9-10-1-4-12(19)5-2-10/h1-8H,9H2/b15-8-. The highest BCUT2D eigenvalue weighted by Crippen LogP contribution is 2.34. The first-order valence-corrected chi connectivity index (χ1v) is 9.56. The minimum Gasteiger partial charge on any atom is -0.268 e. The Balaban J connectivity index is 1.84. The Bertz CT molecular complexity index is 946. The average molecular weight is 501 g/mol. The predicted molar refractivity (Wildman–Crippen MR) is 109 cm³/mol. The molecule has 2 amide bonds. The summed E-state index contributed by atoms with van der Waals surface area (Å²) in [5, 5.41) is 10.6. The maximum Gasteiger partial charge on any atom is 0.293 e. The van der Waals surface area contributed by atoms with E-state index in [0.717, 1.165) is 25.8 Å². The third-order valence-corrected chi connectivity index (χ3v) is 5.54. The van der Waals surface area contributed by atoms with Gasteiger partial charge in [0, 0.05) is 9.64 Å². The summed E-state index contributed by atoms with van der Waals surface area (Å²) in [4.78, 5) is 36.5. The molecule has 0 radical (unpaired) electrons. The number of halogens is 2. The molecule has 2 aromatic rings. The monoisotopic (exact) mass is 500 g/mol. The van der Waals surface area contributed by atoms with E-state index in [9.17, 15) is 19.7 Å². The smallest absolute Gasteiger partial charge is 0.268 e. The van der Waals surface area contributed by atoms with Crippen molar-refractivity contribution < 1.29 is 14.5 Å². The maximum atomic E-state index is 12.5. The number of hydrogen-bond donors (Lipinski definition) is 0. The fourth-order valence-corrected chi connectivity index (χ4v) is 3.70. The van der Waals surface area contributed by atoms with E-state index in [-0.39, 0.29) is 27.4 Å². The lowest BCUT2D eigenvalue weighted by atomic mass is 10.2. The van der Waals surface area contributed by atoms with E-state index in [1.165, 1.54) is 18.2 Å². The van der Waals surface area contributed by atoms with Crippen LogP contribution in [0.5, 0.6) is 0 Å². The highest BCUT2D eigenvalue weighted by Gasteiger charge is 2.35. The lowest BCUT2D eigenvalue weighted by Crippen LogP contribution is -2.27. The number of hydrogen-bond acceptors (Lipinski definition) is 5. The number of rotatable bonds is 4. The zero-order valence-electron chi connectivity index (χ0n) is 13.0. The Morgan fingerprint density at radius 1 is 1.19 bits per heavy atom. The quantitative estimate of drug-likeness (QED) is 0.253. The first-order chi connectivity index (χ1) is 12.3. The van der Waals surface area contributed by atoms with Crippen LogP contribution in [0.15, 0.2) is 47.4 Å². The molecule has 1 aliphatic heterocycles. The zero-order chi connectivity index (χ0) is 18.8. The molecule has 1 saturated heterocycles. The Morgan fingerprint density at radius 2 is 1.88 bits per heavy atom. The summed E-state index contributed by atoms with van der Waals surface area (Å²) < 4.78 is 1.06. The van der Waals surface area contributed by atoms with Crippen LogP contribution in [0, 0.1) is 13.7 Å². The average Bonchev–Trinajstić information content (AvgIpc) is 2.85. The van der Waals surface area contributed by atoms with Crippen molar-refractivity contribution in [1.29, 1.82) is 0 Å².